The smallest absolute Gasteiger partial charge is 0.363 e. The molecule has 27 heavy (non-hydrogen) atoms. The van der Waals surface area contributed by atoms with Crippen molar-refractivity contribution in [3.63, 3.8) is 0 Å². The molecule has 0 aliphatic carbocycles. The predicted molar refractivity (Wildman–Crippen MR) is 109 cm³/mol. The molecule has 1 heterocycles. The number of carbonyl (C=O) groups is 1. The molecule has 6 heteroatoms. The van der Waals surface area contributed by atoms with E-state index in [1.807, 2.05) is 30.3 Å². The number of aliphatic imine (C=N–C) groups is 1. The molecule has 0 saturated heterocycles. The Morgan fingerprint density at radius 1 is 1.04 bits per heavy atom. The van der Waals surface area contributed by atoms with Crippen molar-refractivity contribution in [2.75, 3.05) is 7.11 Å². The Bertz CT molecular complexity index is 991. The number of nitrogens with zero attached hydrogens (tertiary/aromatic N) is 1. The molecule has 0 amide bonds. The topological polar surface area (TPSA) is 47.9 Å². The highest BCUT2D eigenvalue weighted by Crippen LogP contribution is 2.23. The van der Waals surface area contributed by atoms with Crippen LogP contribution in [-0.4, -0.2) is 19.0 Å². The summed E-state index contributed by atoms with van der Waals surface area (Å²) in [7, 11) is 1.61. The van der Waals surface area contributed by atoms with E-state index in [0.29, 0.717) is 10.0 Å². The fraction of sp³-hybridized carbons (Fsp3) is 0.0476. The molecule has 0 saturated carbocycles. The minimum absolute atomic E-state index is 0.197. The van der Waals surface area contributed by atoms with Crippen LogP contribution in [0.2, 0.25) is 10.0 Å². The Balaban J connectivity index is 1.74. The zero-order chi connectivity index (χ0) is 19.2. The molecule has 0 N–H and O–H groups in total. The second kappa shape index (κ2) is 8.71. The van der Waals surface area contributed by atoms with E-state index in [-0.39, 0.29) is 11.6 Å². The minimum Gasteiger partial charge on any atom is -0.496 e. The molecule has 0 fully saturated rings. The van der Waals surface area contributed by atoms with Gasteiger partial charge in [-0.25, -0.2) is 9.79 Å². The van der Waals surface area contributed by atoms with Gasteiger partial charge < -0.3 is 9.47 Å². The van der Waals surface area contributed by atoms with Gasteiger partial charge in [0.2, 0.25) is 5.90 Å². The molecule has 2 aromatic rings. The van der Waals surface area contributed by atoms with Crippen LogP contribution in [0.5, 0.6) is 5.75 Å². The summed E-state index contributed by atoms with van der Waals surface area (Å²) in [6.07, 6.45) is 8.43. The Kier molecular flexibility index (Phi) is 6.12. The number of rotatable bonds is 5. The molecule has 1 aliphatic rings. The second-order valence-corrected chi connectivity index (χ2v) is 6.34. The van der Waals surface area contributed by atoms with E-state index < -0.39 is 5.97 Å². The number of methoxy groups -OCH3 is 1. The van der Waals surface area contributed by atoms with Crippen molar-refractivity contribution in [3.05, 3.63) is 87.6 Å². The number of para-hydroxylation sites is 1. The highest BCUT2D eigenvalue weighted by Gasteiger charge is 2.20. The molecule has 0 bridgehead atoms. The summed E-state index contributed by atoms with van der Waals surface area (Å²) in [5.41, 5.74) is 1.85. The van der Waals surface area contributed by atoms with Crippen molar-refractivity contribution in [1.29, 1.82) is 0 Å². The number of hydrogen-bond acceptors (Lipinski definition) is 4. The van der Waals surface area contributed by atoms with Crippen LogP contribution in [0.1, 0.15) is 11.1 Å². The van der Waals surface area contributed by atoms with E-state index in [2.05, 4.69) is 4.99 Å². The van der Waals surface area contributed by atoms with Crippen molar-refractivity contribution in [2.45, 2.75) is 0 Å². The molecule has 3 rings (SSSR count). The molecule has 0 atom stereocenters. The fourth-order valence-corrected chi connectivity index (χ4v) is 2.83. The van der Waals surface area contributed by atoms with Gasteiger partial charge in [-0.15, -0.1) is 0 Å². The molecule has 2 aromatic carbocycles. The SMILES string of the molecule is COc1ccccc1/C=C/C=C1N=C(/C=C/c2ccc(Cl)cc2Cl)OC\1=O. The molecular formula is C21H15Cl2NO3. The number of allylic oxidation sites excluding steroid dienone is 2. The summed E-state index contributed by atoms with van der Waals surface area (Å²) in [6, 6.07) is 12.7. The van der Waals surface area contributed by atoms with Crippen molar-refractivity contribution in [3.8, 4) is 5.75 Å². The van der Waals surface area contributed by atoms with Gasteiger partial charge in [0.15, 0.2) is 5.70 Å². The standard InChI is InChI=1S/C21H15Cl2NO3/c1-26-19-8-3-2-5-15(19)6-4-7-18-21(25)27-20(24-18)12-10-14-9-11-16(22)13-17(14)23/h2-13H,1H3/b6-4+,12-10+,18-7-. The summed E-state index contributed by atoms with van der Waals surface area (Å²) < 4.78 is 10.4. The van der Waals surface area contributed by atoms with Crippen LogP contribution in [-0.2, 0) is 9.53 Å². The summed E-state index contributed by atoms with van der Waals surface area (Å²) in [5, 5.41) is 1.05. The average Bonchev–Trinajstić information content (AvgIpc) is 3.01. The normalized spacial score (nSPS) is 15.6. The van der Waals surface area contributed by atoms with Crippen LogP contribution in [0.4, 0.5) is 0 Å². The lowest BCUT2D eigenvalue weighted by molar-refractivity contribution is -0.129. The first kappa shape index (κ1) is 19.0. The van der Waals surface area contributed by atoms with Gasteiger partial charge in [-0.05, 0) is 35.9 Å². The third-order valence-corrected chi connectivity index (χ3v) is 4.24. The quantitative estimate of drug-likeness (QED) is 0.487. The van der Waals surface area contributed by atoms with Crippen molar-refractivity contribution < 1.29 is 14.3 Å². The number of esters is 1. The zero-order valence-electron chi connectivity index (χ0n) is 14.4. The van der Waals surface area contributed by atoms with Crippen molar-refractivity contribution in [1.82, 2.24) is 0 Å². The minimum atomic E-state index is -0.512. The maximum Gasteiger partial charge on any atom is 0.363 e. The molecule has 1 aliphatic heterocycles. The number of cyclic esters (lactones) is 1. The van der Waals surface area contributed by atoms with Crippen LogP contribution in [0.3, 0.4) is 0 Å². The maximum atomic E-state index is 11.9. The Hall–Kier alpha value is -2.82. The van der Waals surface area contributed by atoms with E-state index in [9.17, 15) is 4.79 Å². The van der Waals surface area contributed by atoms with Gasteiger partial charge in [0, 0.05) is 21.7 Å². The van der Waals surface area contributed by atoms with Gasteiger partial charge in [-0.2, -0.15) is 0 Å². The van der Waals surface area contributed by atoms with Gasteiger partial charge in [-0.1, -0.05) is 59.6 Å². The van der Waals surface area contributed by atoms with Crippen LogP contribution in [0.25, 0.3) is 12.2 Å². The monoisotopic (exact) mass is 399 g/mol. The number of halogens is 2. The Morgan fingerprint density at radius 3 is 2.63 bits per heavy atom. The summed E-state index contributed by atoms with van der Waals surface area (Å²) in [4.78, 5) is 16.1. The molecular weight excluding hydrogens is 385 g/mol. The van der Waals surface area contributed by atoms with Gasteiger partial charge in [-0.3, -0.25) is 0 Å². The first-order chi connectivity index (χ1) is 13.1. The highest BCUT2D eigenvalue weighted by atomic mass is 35.5. The Morgan fingerprint density at radius 2 is 1.85 bits per heavy atom. The number of benzene rings is 2. The zero-order valence-corrected chi connectivity index (χ0v) is 15.9. The molecule has 4 nitrogen and oxygen atoms in total. The lowest BCUT2D eigenvalue weighted by Gasteiger charge is -2.02. The van der Waals surface area contributed by atoms with Gasteiger partial charge in [0.25, 0.3) is 0 Å². The average molecular weight is 400 g/mol. The van der Waals surface area contributed by atoms with Crippen LogP contribution in [0, 0.1) is 0 Å². The first-order valence-corrected chi connectivity index (χ1v) is 8.78. The lowest BCUT2D eigenvalue weighted by atomic mass is 10.2. The number of carbonyl (C=O) groups excluding carboxylic acids is 1. The number of hydrogen-bond donors (Lipinski definition) is 0. The third-order valence-electron chi connectivity index (χ3n) is 3.67. The second-order valence-electron chi connectivity index (χ2n) is 5.49. The fourth-order valence-electron chi connectivity index (χ4n) is 2.36. The molecule has 136 valence electrons. The van der Waals surface area contributed by atoms with Crippen molar-refractivity contribution >= 4 is 47.2 Å². The number of ether oxygens (including phenoxy) is 2. The molecule has 0 radical (unpaired) electrons. The lowest BCUT2D eigenvalue weighted by Crippen LogP contribution is -2.00. The maximum absolute atomic E-state index is 11.9. The Labute approximate surface area is 167 Å². The molecule has 0 spiro atoms. The van der Waals surface area contributed by atoms with Gasteiger partial charge in [0.1, 0.15) is 5.75 Å². The van der Waals surface area contributed by atoms with E-state index in [1.54, 1.807) is 49.6 Å². The van der Waals surface area contributed by atoms with Crippen LogP contribution in [0.15, 0.2) is 71.4 Å². The van der Waals surface area contributed by atoms with E-state index in [4.69, 9.17) is 32.7 Å². The molecule has 0 aromatic heterocycles. The van der Waals surface area contributed by atoms with E-state index in [0.717, 1.165) is 16.9 Å². The highest BCUT2D eigenvalue weighted by molar-refractivity contribution is 6.35. The summed E-state index contributed by atoms with van der Waals surface area (Å²) in [5.74, 6) is 0.428. The van der Waals surface area contributed by atoms with Crippen LogP contribution < -0.4 is 4.74 Å². The van der Waals surface area contributed by atoms with Crippen molar-refractivity contribution in [2.24, 2.45) is 4.99 Å². The summed E-state index contributed by atoms with van der Waals surface area (Å²) in [6.45, 7) is 0. The van der Waals surface area contributed by atoms with Gasteiger partial charge >= 0.3 is 5.97 Å². The third kappa shape index (κ3) is 4.88. The van der Waals surface area contributed by atoms with Gasteiger partial charge in [0.05, 0.1) is 7.11 Å². The molecule has 0 unspecified atom stereocenters. The van der Waals surface area contributed by atoms with E-state index in [1.165, 1.54) is 0 Å². The largest absolute Gasteiger partial charge is 0.496 e. The predicted octanol–water partition coefficient (Wildman–Crippen LogP) is 5.57. The van der Waals surface area contributed by atoms with E-state index >= 15 is 0 Å². The first-order valence-electron chi connectivity index (χ1n) is 8.02. The van der Waals surface area contributed by atoms with Crippen LogP contribution >= 0.6 is 23.2 Å². The summed E-state index contributed by atoms with van der Waals surface area (Å²) >= 11 is 12.0.